The Kier molecular flexibility index (Phi) is 5.07. The van der Waals surface area contributed by atoms with Crippen LogP contribution >= 0.6 is 0 Å². The lowest BCUT2D eigenvalue weighted by Gasteiger charge is -2.17. The third-order valence-electron chi connectivity index (χ3n) is 4.80. The molecule has 0 spiro atoms. The molecular formula is C25H22N2O. The van der Waals surface area contributed by atoms with Crippen LogP contribution in [0.15, 0.2) is 97.1 Å². The summed E-state index contributed by atoms with van der Waals surface area (Å²) in [6.45, 7) is 1.87. The van der Waals surface area contributed by atoms with Gasteiger partial charge in [-0.25, -0.2) is 0 Å². The van der Waals surface area contributed by atoms with E-state index in [1.54, 1.807) is 0 Å². The minimum atomic E-state index is -0.370. The number of hydrogen-bond acceptors (Lipinski definition) is 2. The van der Waals surface area contributed by atoms with Crippen LogP contribution in [0.5, 0.6) is 0 Å². The Morgan fingerprint density at radius 3 is 2.25 bits per heavy atom. The van der Waals surface area contributed by atoms with Gasteiger partial charge in [-0.1, -0.05) is 78.9 Å². The lowest BCUT2D eigenvalue weighted by Crippen LogP contribution is -2.32. The van der Waals surface area contributed by atoms with Gasteiger partial charge in [0.1, 0.15) is 6.04 Å². The van der Waals surface area contributed by atoms with Crippen LogP contribution in [-0.2, 0) is 4.79 Å². The van der Waals surface area contributed by atoms with Crippen molar-refractivity contribution in [3.05, 3.63) is 97.1 Å². The van der Waals surface area contributed by atoms with E-state index in [9.17, 15) is 4.79 Å². The van der Waals surface area contributed by atoms with Crippen LogP contribution in [-0.4, -0.2) is 11.9 Å². The summed E-state index contributed by atoms with van der Waals surface area (Å²) in [4.78, 5) is 12.8. The van der Waals surface area contributed by atoms with E-state index in [4.69, 9.17) is 0 Å². The third-order valence-corrected chi connectivity index (χ3v) is 4.80. The van der Waals surface area contributed by atoms with Crippen molar-refractivity contribution in [2.45, 2.75) is 13.0 Å². The van der Waals surface area contributed by atoms with Gasteiger partial charge in [-0.15, -0.1) is 0 Å². The van der Waals surface area contributed by atoms with Gasteiger partial charge in [0, 0.05) is 16.9 Å². The molecule has 0 radical (unpaired) electrons. The molecule has 2 N–H and O–H groups in total. The number of anilines is 2. The van der Waals surface area contributed by atoms with Crippen LogP contribution in [0, 0.1) is 0 Å². The Labute approximate surface area is 165 Å². The molecule has 0 bridgehead atoms. The summed E-state index contributed by atoms with van der Waals surface area (Å²) in [7, 11) is 0. The van der Waals surface area contributed by atoms with Gasteiger partial charge in [-0.05, 0) is 41.5 Å². The number of rotatable bonds is 5. The highest BCUT2D eigenvalue weighted by molar-refractivity contribution is 5.99. The minimum Gasteiger partial charge on any atom is -0.374 e. The number of carbonyl (C=O) groups is 1. The molecule has 4 aromatic carbocycles. The molecule has 0 aliphatic heterocycles. The number of benzene rings is 4. The van der Waals surface area contributed by atoms with E-state index in [0.29, 0.717) is 0 Å². The molecule has 28 heavy (non-hydrogen) atoms. The van der Waals surface area contributed by atoms with Crippen molar-refractivity contribution in [3.63, 3.8) is 0 Å². The van der Waals surface area contributed by atoms with Crippen molar-refractivity contribution in [2.24, 2.45) is 0 Å². The summed E-state index contributed by atoms with van der Waals surface area (Å²) in [6.07, 6.45) is 0. The molecule has 3 heteroatoms. The van der Waals surface area contributed by atoms with Crippen molar-refractivity contribution in [3.8, 4) is 11.1 Å². The number of carbonyl (C=O) groups excluding carboxylic acids is 1. The predicted octanol–water partition coefficient (Wildman–Crippen LogP) is 5.95. The Morgan fingerprint density at radius 1 is 0.750 bits per heavy atom. The summed E-state index contributed by atoms with van der Waals surface area (Å²) in [5.41, 5.74) is 3.83. The Balaban J connectivity index is 1.50. The van der Waals surface area contributed by atoms with Gasteiger partial charge in [0.15, 0.2) is 0 Å². The van der Waals surface area contributed by atoms with E-state index >= 15 is 0 Å². The first-order chi connectivity index (χ1) is 13.7. The van der Waals surface area contributed by atoms with Crippen LogP contribution in [0.25, 0.3) is 21.9 Å². The first kappa shape index (κ1) is 17.8. The molecule has 0 aromatic heterocycles. The van der Waals surface area contributed by atoms with E-state index in [0.717, 1.165) is 27.9 Å². The normalized spacial score (nSPS) is 11.8. The maximum absolute atomic E-state index is 12.8. The second-order valence-corrected chi connectivity index (χ2v) is 6.83. The molecule has 138 valence electrons. The number of hydrogen-bond donors (Lipinski definition) is 2. The fourth-order valence-electron chi connectivity index (χ4n) is 3.30. The summed E-state index contributed by atoms with van der Waals surface area (Å²) < 4.78 is 0. The fourth-order valence-corrected chi connectivity index (χ4v) is 3.30. The molecule has 4 aromatic rings. The minimum absolute atomic E-state index is 0.0726. The second kappa shape index (κ2) is 7.97. The average Bonchev–Trinajstić information content (AvgIpc) is 2.74. The summed E-state index contributed by atoms with van der Waals surface area (Å²) in [5.74, 6) is -0.0726. The molecule has 0 aliphatic rings. The highest BCUT2D eigenvalue weighted by atomic mass is 16.2. The van der Waals surface area contributed by atoms with E-state index in [1.165, 1.54) is 5.39 Å². The molecule has 0 aliphatic carbocycles. The van der Waals surface area contributed by atoms with Gasteiger partial charge in [0.25, 0.3) is 0 Å². The highest BCUT2D eigenvalue weighted by Crippen LogP contribution is 2.28. The average molecular weight is 366 g/mol. The molecular weight excluding hydrogens is 344 g/mol. The van der Waals surface area contributed by atoms with Gasteiger partial charge in [-0.2, -0.15) is 0 Å². The van der Waals surface area contributed by atoms with Gasteiger partial charge < -0.3 is 10.6 Å². The quantitative estimate of drug-likeness (QED) is 0.458. The molecule has 0 saturated heterocycles. The molecule has 1 amide bonds. The van der Waals surface area contributed by atoms with Gasteiger partial charge in [0.05, 0.1) is 0 Å². The van der Waals surface area contributed by atoms with Crippen LogP contribution in [0.2, 0.25) is 0 Å². The Bertz CT molecular complexity index is 1110. The van der Waals surface area contributed by atoms with E-state index in [1.807, 2.05) is 79.7 Å². The molecule has 0 saturated carbocycles. The van der Waals surface area contributed by atoms with Crippen molar-refractivity contribution in [2.75, 3.05) is 10.6 Å². The number of nitrogens with one attached hydrogen (secondary N) is 2. The molecule has 0 heterocycles. The molecule has 1 atom stereocenters. The monoisotopic (exact) mass is 366 g/mol. The lowest BCUT2D eigenvalue weighted by atomic mass is 10.0. The van der Waals surface area contributed by atoms with Gasteiger partial charge >= 0.3 is 0 Å². The van der Waals surface area contributed by atoms with E-state index in [-0.39, 0.29) is 11.9 Å². The molecule has 0 unspecified atom stereocenters. The zero-order chi connectivity index (χ0) is 19.3. The smallest absolute Gasteiger partial charge is 0.246 e. The van der Waals surface area contributed by atoms with Gasteiger partial charge in [0.2, 0.25) is 5.91 Å². The topological polar surface area (TPSA) is 41.1 Å². The molecule has 0 fully saturated rings. The van der Waals surface area contributed by atoms with Crippen molar-refractivity contribution < 1.29 is 4.79 Å². The number of amides is 1. The largest absolute Gasteiger partial charge is 0.374 e. The summed E-state index contributed by atoms with van der Waals surface area (Å²) in [6, 6.07) is 31.9. The first-order valence-corrected chi connectivity index (χ1v) is 9.41. The Hall–Kier alpha value is -3.59. The predicted molar refractivity (Wildman–Crippen MR) is 118 cm³/mol. The summed E-state index contributed by atoms with van der Waals surface area (Å²) >= 11 is 0. The van der Waals surface area contributed by atoms with Crippen molar-refractivity contribution in [1.82, 2.24) is 0 Å². The van der Waals surface area contributed by atoms with Gasteiger partial charge in [-0.3, -0.25) is 4.79 Å². The summed E-state index contributed by atoms with van der Waals surface area (Å²) in [5, 5.41) is 8.70. The zero-order valence-corrected chi connectivity index (χ0v) is 15.7. The standard InChI is InChI=1S/C25H22N2O/c1-18(26-22-16-15-19-9-5-6-12-21(19)17-22)25(28)27-24-14-8-7-13-23(24)20-10-3-2-4-11-20/h2-18,26H,1H3,(H,27,28)/t18-/m1/s1. The van der Waals surface area contributed by atoms with Crippen molar-refractivity contribution >= 4 is 28.1 Å². The van der Waals surface area contributed by atoms with Crippen LogP contribution in [0.1, 0.15) is 6.92 Å². The van der Waals surface area contributed by atoms with Crippen LogP contribution in [0.3, 0.4) is 0 Å². The molecule has 3 nitrogen and oxygen atoms in total. The van der Waals surface area contributed by atoms with Crippen molar-refractivity contribution in [1.29, 1.82) is 0 Å². The maximum atomic E-state index is 12.8. The highest BCUT2D eigenvalue weighted by Gasteiger charge is 2.15. The van der Waals surface area contributed by atoms with Crippen LogP contribution in [0.4, 0.5) is 11.4 Å². The molecule has 4 rings (SSSR count). The fraction of sp³-hybridized carbons (Fsp3) is 0.0800. The maximum Gasteiger partial charge on any atom is 0.246 e. The number of para-hydroxylation sites is 1. The SMILES string of the molecule is C[C@@H](Nc1ccc2ccccc2c1)C(=O)Nc1ccccc1-c1ccccc1. The van der Waals surface area contributed by atoms with E-state index in [2.05, 4.69) is 34.9 Å². The van der Waals surface area contributed by atoms with E-state index < -0.39 is 0 Å². The Morgan fingerprint density at radius 2 is 1.43 bits per heavy atom. The lowest BCUT2D eigenvalue weighted by molar-refractivity contribution is -0.116. The van der Waals surface area contributed by atoms with Crippen LogP contribution < -0.4 is 10.6 Å². The third kappa shape index (κ3) is 3.89. The first-order valence-electron chi connectivity index (χ1n) is 9.41. The second-order valence-electron chi connectivity index (χ2n) is 6.83. The zero-order valence-electron chi connectivity index (χ0n) is 15.7. The number of fused-ring (bicyclic) bond motifs is 1.